The topological polar surface area (TPSA) is 55.8 Å². The van der Waals surface area contributed by atoms with Gasteiger partial charge in [0.1, 0.15) is 6.04 Å². The van der Waals surface area contributed by atoms with Crippen LogP contribution >= 0.6 is 0 Å². The molecule has 0 aliphatic rings. The number of carboxylic acid groups (broad SMARTS) is 1. The molecular formula is C13H29N3O2. The van der Waals surface area contributed by atoms with E-state index >= 15 is 0 Å². The van der Waals surface area contributed by atoms with Gasteiger partial charge in [0.15, 0.2) is 0 Å². The summed E-state index contributed by atoms with van der Waals surface area (Å²) in [7, 11) is 4.07. The Bertz CT molecular complexity index is 232. The van der Waals surface area contributed by atoms with Crippen molar-refractivity contribution in [2.45, 2.75) is 26.8 Å². The molecule has 0 radical (unpaired) electrons. The van der Waals surface area contributed by atoms with E-state index in [0.29, 0.717) is 19.0 Å². The van der Waals surface area contributed by atoms with E-state index in [9.17, 15) is 4.79 Å². The maximum atomic E-state index is 11.1. The molecular weight excluding hydrogens is 230 g/mol. The zero-order valence-electron chi connectivity index (χ0n) is 12.4. The van der Waals surface area contributed by atoms with Crippen molar-refractivity contribution in [3.8, 4) is 0 Å². The highest BCUT2D eigenvalue weighted by atomic mass is 16.4. The third-order valence-electron chi connectivity index (χ3n) is 2.68. The van der Waals surface area contributed by atoms with Crippen molar-refractivity contribution in [1.82, 2.24) is 15.1 Å². The molecule has 1 unspecified atom stereocenters. The van der Waals surface area contributed by atoms with Crippen LogP contribution in [-0.4, -0.2) is 73.7 Å². The van der Waals surface area contributed by atoms with Crippen LogP contribution in [0.3, 0.4) is 0 Å². The van der Waals surface area contributed by atoms with Gasteiger partial charge in [-0.1, -0.05) is 20.8 Å². The lowest BCUT2D eigenvalue weighted by Gasteiger charge is -2.28. The first-order valence-corrected chi connectivity index (χ1v) is 6.70. The number of rotatable bonds is 10. The van der Waals surface area contributed by atoms with Gasteiger partial charge in [0.05, 0.1) is 0 Å². The quantitative estimate of drug-likeness (QED) is 0.601. The molecule has 0 spiro atoms. The second kappa shape index (κ2) is 9.30. The fraction of sp³-hybridized carbons (Fsp3) is 0.923. The van der Waals surface area contributed by atoms with Crippen LogP contribution in [0.15, 0.2) is 0 Å². The largest absolute Gasteiger partial charge is 0.480 e. The van der Waals surface area contributed by atoms with Gasteiger partial charge in [0, 0.05) is 26.2 Å². The second-order valence-corrected chi connectivity index (χ2v) is 5.41. The molecule has 0 aliphatic carbocycles. The van der Waals surface area contributed by atoms with Crippen molar-refractivity contribution < 1.29 is 9.90 Å². The normalized spacial score (nSPS) is 13.6. The van der Waals surface area contributed by atoms with Gasteiger partial charge in [-0.2, -0.15) is 0 Å². The first-order valence-electron chi connectivity index (χ1n) is 6.70. The van der Waals surface area contributed by atoms with Gasteiger partial charge in [0.2, 0.25) is 0 Å². The number of aliphatic carboxylic acids is 1. The molecule has 0 saturated heterocycles. The van der Waals surface area contributed by atoms with E-state index in [4.69, 9.17) is 5.11 Å². The Hall–Kier alpha value is -0.650. The molecule has 18 heavy (non-hydrogen) atoms. The molecule has 0 heterocycles. The predicted molar refractivity (Wildman–Crippen MR) is 74.9 cm³/mol. The highest BCUT2D eigenvalue weighted by molar-refractivity contribution is 5.73. The minimum absolute atomic E-state index is 0.476. The molecule has 0 aliphatic heterocycles. The summed E-state index contributed by atoms with van der Waals surface area (Å²) in [6.45, 7) is 10.3. The highest BCUT2D eigenvalue weighted by Crippen LogP contribution is 2.01. The average molecular weight is 259 g/mol. The van der Waals surface area contributed by atoms with E-state index < -0.39 is 12.0 Å². The fourth-order valence-electron chi connectivity index (χ4n) is 1.85. The van der Waals surface area contributed by atoms with Crippen LogP contribution < -0.4 is 5.32 Å². The van der Waals surface area contributed by atoms with Crippen LogP contribution in [0, 0.1) is 5.92 Å². The van der Waals surface area contributed by atoms with E-state index in [0.717, 1.165) is 19.6 Å². The molecule has 0 aromatic carbocycles. The standard InChI is InChI=1S/C13H29N3O2/c1-6-14-12(13(17)18)10-16(9-11(2)3)8-7-15(4)5/h11-12,14H,6-10H2,1-5H3,(H,17,18). The second-order valence-electron chi connectivity index (χ2n) is 5.41. The monoisotopic (exact) mass is 259 g/mol. The fourth-order valence-corrected chi connectivity index (χ4v) is 1.85. The smallest absolute Gasteiger partial charge is 0.322 e. The number of likely N-dealkylation sites (N-methyl/N-ethyl adjacent to an activating group) is 2. The van der Waals surface area contributed by atoms with Crippen LogP contribution in [0.5, 0.6) is 0 Å². The van der Waals surface area contributed by atoms with Gasteiger partial charge in [0.25, 0.3) is 0 Å². The van der Waals surface area contributed by atoms with Crippen molar-refractivity contribution in [3.63, 3.8) is 0 Å². The van der Waals surface area contributed by atoms with E-state index in [1.165, 1.54) is 0 Å². The minimum Gasteiger partial charge on any atom is -0.480 e. The Morgan fingerprint density at radius 3 is 2.22 bits per heavy atom. The Balaban J connectivity index is 4.38. The van der Waals surface area contributed by atoms with E-state index in [1.54, 1.807) is 0 Å². The molecule has 108 valence electrons. The summed E-state index contributed by atoms with van der Waals surface area (Å²) in [5, 5.41) is 12.2. The zero-order chi connectivity index (χ0) is 14.1. The SMILES string of the molecule is CCNC(CN(CCN(C)C)CC(C)C)C(=O)O. The number of hydrogen-bond acceptors (Lipinski definition) is 4. The number of carbonyl (C=O) groups is 1. The summed E-state index contributed by atoms with van der Waals surface area (Å²) >= 11 is 0. The maximum absolute atomic E-state index is 11.1. The summed E-state index contributed by atoms with van der Waals surface area (Å²) in [5.74, 6) is -0.223. The lowest BCUT2D eigenvalue weighted by atomic mass is 10.2. The summed E-state index contributed by atoms with van der Waals surface area (Å²) in [6, 6.07) is -0.476. The summed E-state index contributed by atoms with van der Waals surface area (Å²) in [5.41, 5.74) is 0. The van der Waals surface area contributed by atoms with Gasteiger partial charge in [-0.3, -0.25) is 9.69 Å². The highest BCUT2D eigenvalue weighted by Gasteiger charge is 2.20. The Kier molecular flexibility index (Phi) is 8.97. The van der Waals surface area contributed by atoms with E-state index in [-0.39, 0.29) is 0 Å². The van der Waals surface area contributed by atoms with Crippen LogP contribution in [0.4, 0.5) is 0 Å². The summed E-state index contributed by atoms with van der Waals surface area (Å²) in [6.07, 6.45) is 0. The number of carboxylic acids is 1. The average Bonchev–Trinajstić information content (AvgIpc) is 2.24. The molecule has 0 aromatic heterocycles. The summed E-state index contributed by atoms with van der Waals surface area (Å²) in [4.78, 5) is 15.5. The van der Waals surface area contributed by atoms with Gasteiger partial charge in [-0.15, -0.1) is 0 Å². The van der Waals surface area contributed by atoms with Gasteiger partial charge in [-0.05, 0) is 26.6 Å². The van der Waals surface area contributed by atoms with Crippen molar-refractivity contribution in [1.29, 1.82) is 0 Å². The minimum atomic E-state index is -0.768. The van der Waals surface area contributed by atoms with Crippen molar-refractivity contribution >= 4 is 5.97 Å². The van der Waals surface area contributed by atoms with Crippen molar-refractivity contribution in [2.24, 2.45) is 5.92 Å². The molecule has 0 aromatic rings. The molecule has 5 heteroatoms. The molecule has 1 atom stereocenters. The third kappa shape index (κ3) is 8.44. The molecule has 0 amide bonds. The molecule has 5 nitrogen and oxygen atoms in total. The third-order valence-corrected chi connectivity index (χ3v) is 2.68. The molecule has 0 rings (SSSR count). The molecule has 0 fully saturated rings. The van der Waals surface area contributed by atoms with Gasteiger partial charge < -0.3 is 15.3 Å². The Morgan fingerprint density at radius 2 is 1.83 bits per heavy atom. The van der Waals surface area contributed by atoms with E-state index in [1.807, 2.05) is 21.0 Å². The maximum Gasteiger partial charge on any atom is 0.322 e. The van der Waals surface area contributed by atoms with Crippen molar-refractivity contribution in [2.75, 3.05) is 46.8 Å². The van der Waals surface area contributed by atoms with Crippen LogP contribution in [0.2, 0.25) is 0 Å². The zero-order valence-corrected chi connectivity index (χ0v) is 12.4. The van der Waals surface area contributed by atoms with Crippen molar-refractivity contribution in [3.05, 3.63) is 0 Å². The molecule has 0 bridgehead atoms. The molecule has 2 N–H and O–H groups in total. The number of hydrogen-bond donors (Lipinski definition) is 2. The lowest BCUT2D eigenvalue weighted by molar-refractivity contribution is -0.140. The number of nitrogens with one attached hydrogen (secondary N) is 1. The summed E-state index contributed by atoms with van der Waals surface area (Å²) < 4.78 is 0. The van der Waals surface area contributed by atoms with Crippen LogP contribution in [0.1, 0.15) is 20.8 Å². The van der Waals surface area contributed by atoms with Crippen LogP contribution in [0.25, 0.3) is 0 Å². The first-order chi connectivity index (χ1) is 8.36. The molecule has 0 saturated carbocycles. The van der Waals surface area contributed by atoms with Gasteiger partial charge in [-0.25, -0.2) is 0 Å². The van der Waals surface area contributed by atoms with E-state index in [2.05, 4.69) is 29.0 Å². The predicted octanol–water partition coefficient (Wildman–Crippen LogP) is 0.569. The number of nitrogens with zero attached hydrogens (tertiary/aromatic N) is 2. The van der Waals surface area contributed by atoms with Gasteiger partial charge >= 0.3 is 5.97 Å². The lowest BCUT2D eigenvalue weighted by Crippen LogP contribution is -2.48. The Labute approximate surface area is 111 Å². The Morgan fingerprint density at radius 1 is 1.22 bits per heavy atom. The first kappa shape index (κ1) is 17.4. The van der Waals surface area contributed by atoms with Crippen LogP contribution in [-0.2, 0) is 4.79 Å².